The van der Waals surface area contributed by atoms with Gasteiger partial charge in [0.1, 0.15) is 12.5 Å². The van der Waals surface area contributed by atoms with Gasteiger partial charge in [-0.15, -0.1) is 0 Å². The van der Waals surface area contributed by atoms with E-state index in [1.54, 1.807) is 19.2 Å². The fourth-order valence-electron chi connectivity index (χ4n) is 3.23. The molecule has 0 atom stereocenters. The number of fused-ring (bicyclic) bond motifs is 1. The standard InChI is InChI=1S/C20H22BrClN2O2/c1-4-13(5-2)15-7-6-8-17-19(15)24(12-25-3)20(23-17)26-18-10-9-14(22)11-16(18)21/h6-11,13H,4-5,12H2,1-3H3. The Morgan fingerprint density at radius 2 is 1.96 bits per heavy atom. The van der Waals surface area contributed by atoms with Crippen molar-refractivity contribution in [3.05, 3.63) is 51.5 Å². The summed E-state index contributed by atoms with van der Waals surface area (Å²) >= 11 is 9.52. The first-order valence-electron chi connectivity index (χ1n) is 8.70. The quantitative estimate of drug-likeness (QED) is 0.410. The first-order chi connectivity index (χ1) is 12.6. The Balaban J connectivity index is 2.13. The number of halogens is 2. The molecule has 138 valence electrons. The molecule has 3 rings (SSSR count). The highest BCUT2D eigenvalue weighted by molar-refractivity contribution is 9.10. The van der Waals surface area contributed by atoms with Crippen molar-refractivity contribution in [2.24, 2.45) is 0 Å². The maximum Gasteiger partial charge on any atom is 0.304 e. The van der Waals surface area contributed by atoms with Crippen LogP contribution < -0.4 is 4.74 Å². The molecule has 4 nitrogen and oxygen atoms in total. The van der Waals surface area contributed by atoms with Crippen LogP contribution in [0.2, 0.25) is 5.02 Å². The molecule has 2 aromatic carbocycles. The number of imidazole rings is 1. The van der Waals surface area contributed by atoms with E-state index in [-0.39, 0.29) is 0 Å². The minimum absolute atomic E-state index is 0.369. The molecule has 0 N–H and O–H groups in total. The zero-order valence-corrected chi connectivity index (χ0v) is 17.5. The second-order valence-electron chi connectivity index (χ2n) is 6.15. The van der Waals surface area contributed by atoms with Crippen LogP contribution in [0, 0.1) is 0 Å². The van der Waals surface area contributed by atoms with Gasteiger partial charge in [-0.2, -0.15) is 4.98 Å². The van der Waals surface area contributed by atoms with Crippen molar-refractivity contribution in [1.82, 2.24) is 9.55 Å². The van der Waals surface area contributed by atoms with E-state index in [0.29, 0.717) is 29.4 Å². The van der Waals surface area contributed by atoms with Gasteiger partial charge in [0.2, 0.25) is 0 Å². The molecule has 0 saturated carbocycles. The highest BCUT2D eigenvalue weighted by atomic mass is 79.9. The Kier molecular flexibility index (Phi) is 6.22. The average Bonchev–Trinajstić information content (AvgIpc) is 2.97. The highest BCUT2D eigenvalue weighted by Crippen LogP contribution is 2.36. The number of hydrogen-bond donors (Lipinski definition) is 0. The average molecular weight is 438 g/mol. The number of benzene rings is 2. The second-order valence-corrected chi connectivity index (χ2v) is 7.44. The van der Waals surface area contributed by atoms with Crippen molar-refractivity contribution >= 4 is 38.6 Å². The number of para-hydroxylation sites is 1. The first kappa shape index (κ1) is 19.2. The normalized spacial score (nSPS) is 11.5. The predicted molar refractivity (Wildman–Crippen MR) is 109 cm³/mol. The van der Waals surface area contributed by atoms with E-state index < -0.39 is 0 Å². The number of aromatic nitrogens is 2. The summed E-state index contributed by atoms with van der Waals surface area (Å²) < 4.78 is 14.3. The van der Waals surface area contributed by atoms with Gasteiger partial charge < -0.3 is 9.47 Å². The molecule has 26 heavy (non-hydrogen) atoms. The lowest BCUT2D eigenvalue weighted by molar-refractivity contribution is 0.127. The van der Waals surface area contributed by atoms with Crippen molar-refractivity contribution in [3.63, 3.8) is 0 Å². The maximum absolute atomic E-state index is 6.10. The summed E-state index contributed by atoms with van der Waals surface area (Å²) in [5.74, 6) is 1.13. The fraction of sp³-hybridized carbons (Fsp3) is 0.350. The summed E-state index contributed by atoms with van der Waals surface area (Å²) in [7, 11) is 1.67. The SMILES string of the molecule is CCC(CC)c1cccc2nc(Oc3ccc(Cl)cc3Br)n(COC)c12. The van der Waals surface area contributed by atoms with E-state index in [2.05, 4.69) is 41.9 Å². The van der Waals surface area contributed by atoms with Crippen LogP contribution in [0.3, 0.4) is 0 Å². The molecule has 0 aliphatic carbocycles. The number of rotatable bonds is 7. The fourth-order valence-corrected chi connectivity index (χ4v) is 4.00. The summed E-state index contributed by atoms with van der Waals surface area (Å²) in [5.41, 5.74) is 3.26. The largest absolute Gasteiger partial charge is 0.424 e. The van der Waals surface area contributed by atoms with Crippen molar-refractivity contribution in [3.8, 4) is 11.8 Å². The van der Waals surface area contributed by atoms with E-state index in [1.807, 2.05) is 16.7 Å². The zero-order valence-electron chi connectivity index (χ0n) is 15.1. The highest BCUT2D eigenvalue weighted by Gasteiger charge is 2.20. The van der Waals surface area contributed by atoms with Gasteiger partial charge >= 0.3 is 6.01 Å². The van der Waals surface area contributed by atoms with E-state index >= 15 is 0 Å². The van der Waals surface area contributed by atoms with Crippen LogP contribution >= 0.6 is 27.5 Å². The lowest BCUT2D eigenvalue weighted by Gasteiger charge is -2.16. The van der Waals surface area contributed by atoms with Gasteiger partial charge in [0.05, 0.1) is 15.5 Å². The van der Waals surface area contributed by atoms with E-state index in [4.69, 9.17) is 26.1 Å². The molecular formula is C20H22BrClN2O2. The van der Waals surface area contributed by atoms with Gasteiger partial charge in [0.25, 0.3) is 0 Å². The third-order valence-electron chi connectivity index (χ3n) is 4.54. The molecule has 1 aromatic heterocycles. The van der Waals surface area contributed by atoms with Gasteiger partial charge in [0.15, 0.2) is 0 Å². The molecule has 0 unspecified atom stereocenters. The maximum atomic E-state index is 6.10. The van der Waals surface area contributed by atoms with Gasteiger partial charge in [-0.05, 0) is 64.5 Å². The van der Waals surface area contributed by atoms with Crippen LogP contribution in [0.5, 0.6) is 11.8 Å². The molecule has 0 aliphatic heterocycles. The van der Waals surface area contributed by atoms with Crippen molar-refractivity contribution in [2.75, 3.05) is 7.11 Å². The van der Waals surface area contributed by atoms with Crippen molar-refractivity contribution < 1.29 is 9.47 Å². The lowest BCUT2D eigenvalue weighted by atomic mass is 9.93. The van der Waals surface area contributed by atoms with Gasteiger partial charge in [0, 0.05) is 12.1 Å². The molecule has 0 amide bonds. The Bertz CT molecular complexity index is 906. The molecule has 0 radical (unpaired) electrons. The van der Waals surface area contributed by atoms with Crippen LogP contribution in [0.15, 0.2) is 40.9 Å². The van der Waals surface area contributed by atoms with E-state index in [0.717, 1.165) is 28.3 Å². The molecule has 6 heteroatoms. The van der Waals surface area contributed by atoms with Crippen LogP contribution in [-0.2, 0) is 11.5 Å². The lowest BCUT2D eigenvalue weighted by Crippen LogP contribution is -2.06. The van der Waals surface area contributed by atoms with E-state index in [1.165, 1.54) is 5.56 Å². The molecule has 0 aliphatic rings. The van der Waals surface area contributed by atoms with Crippen molar-refractivity contribution in [2.45, 2.75) is 39.3 Å². The first-order valence-corrected chi connectivity index (χ1v) is 9.87. The molecule has 0 fully saturated rings. The molecule has 0 bridgehead atoms. The summed E-state index contributed by atoms with van der Waals surface area (Å²) in [6.07, 6.45) is 2.15. The summed E-state index contributed by atoms with van der Waals surface area (Å²) in [4.78, 5) is 4.71. The number of hydrogen-bond acceptors (Lipinski definition) is 3. The van der Waals surface area contributed by atoms with E-state index in [9.17, 15) is 0 Å². The van der Waals surface area contributed by atoms with Gasteiger partial charge in [-0.3, -0.25) is 4.57 Å². The summed E-state index contributed by atoms with van der Waals surface area (Å²) in [6.45, 7) is 4.80. The monoisotopic (exact) mass is 436 g/mol. The molecular weight excluding hydrogens is 416 g/mol. The Hall–Kier alpha value is -1.56. The topological polar surface area (TPSA) is 36.3 Å². The second kappa shape index (κ2) is 8.42. The number of ether oxygens (including phenoxy) is 2. The number of methoxy groups -OCH3 is 1. The smallest absolute Gasteiger partial charge is 0.304 e. The summed E-state index contributed by atoms with van der Waals surface area (Å²) in [6, 6.07) is 12.2. The Morgan fingerprint density at radius 1 is 1.19 bits per heavy atom. The van der Waals surface area contributed by atoms with Crippen LogP contribution in [0.25, 0.3) is 11.0 Å². The van der Waals surface area contributed by atoms with Gasteiger partial charge in [-0.1, -0.05) is 37.6 Å². The molecule has 1 heterocycles. The third-order valence-corrected chi connectivity index (χ3v) is 5.40. The summed E-state index contributed by atoms with van der Waals surface area (Å²) in [5, 5.41) is 0.644. The molecule has 0 spiro atoms. The minimum atomic E-state index is 0.369. The Labute approximate surface area is 167 Å². The van der Waals surface area contributed by atoms with Gasteiger partial charge in [-0.25, -0.2) is 0 Å². The third kappa shape index (κ3) is 3.75. The molecule has 0 saturated heterocycles. The Morgan fingerprint density at radius 3 is 2.62 bits per heavy atom. The van der Waals surface area contributed by atoms with Crippen molar-refractivity contribution in [1.29, 1.82) is 0 Å². The minimum Gasteiger partial charge on any atom is -0.424 e. The zero-order chi connectivity index (χ0) is 18.7. The predicted octanol–water partition coefficient (Wildman–Crippen LogP) is 6.75. The van der Waals surface area contributed by atoms with Crippen LogP contribution in [-0.4, -0.2) is 16.7 Å². The van der Waals surface area contributed by atoms with Crippen LogP contribution in [0.4, 0.5) is 0 Å². The molecule has 3 aromatic rings. The number of nitrogens with zero attached hydrogens (tertiary/aromatic N) is 2. The van der Waals surface area contributed by atoms with Crippen LogP contribution in [0.1, 0.15) is 38.2 Å².